The number of nitrogens with two attached hydrogens (primary N) is 1. The molecule has 0 aliphatic heterocycles. The van der Waals surface area contributed by atoms with Gasteiger partial charge >= 0.3 is 0 Å². The third-order valence-corrected chi connectivity index (χ3v) is 4.85. The SMILES string of the molecule is CC1CCC(C(C)(C)C)(C(C)(C)C)[C@@H]1N. The van der Waals surface area contributed by atoms with E-state index in [1.165, 1.54) is 12.8 Å². The van der Waals surface area contributed by atoms with E-state index in [2.05, 4.69) is 48.5 Å². The molecule has 0 aromatic heterocycles. The maximum Gasteiger partial charge on any atom is 0.0131 e. The molecule has 0 aromatic rings. The van der Waals surface area contributed by atoms with Crippen LogP contribution in [-0.4, -0.2) is 6.04 Å². The molecule has 0 aromatic carbocycles. The van der Waals surface area contributed by atoms with Gasteiger partial charge in [-0.15, -0.1) is 0 Å². The summed E-state index contributed by atoms with van der Waals surface area (Å²) >= 11 is 0. The summed E-state index contributed by atoms with van der Waals surface area (Å²) in [6, 6.07) is 0.345. The lowest BCUT2D eigenvalue weighted by Gasteiger charge is -2.55. The summed E-state index contributed by atoms with van der Waals surface area (Å²) in [4.78, 5) is 0. The molecule has 2 atom stereocenters. The van der Waals surface area contributed by atoms with E-state index >= 15 is 0 Å². The number of hydrogen-bond donors (Lipinski definition) is 1. The lowest BCUT2D eigenvalue weighted by atomic mass is 9.51. The largest absolute Gasteiger partial charge is 0.327 e. The maximum atomic E-state index is 6.53. The van der Waals surface area contributed by atoms with Crippen LogP contribution in [0, 0.1) is 22.2 Å². The molecule has 0 heterocycles. The molecule has 2 N–H and O–H groups in total. The van der Waals surface area contributed by atoms with Gasteiger partial charge in [0.15, 0.2) is 0 Å². The van der Waals surface area contributed by atoms with Crippen molar-refractivity contribution in [1.29, 1.82) is 0 Å². The topological polar surface area (TPSA) is 26.0 Å². The first-order valence-corrected chi connectivity index (χ1v) is 6.29. The second-order valence-electron chi connectivity index (χ2n) is 7.51. The predicted octanol–water partition coefficient (Wildman–Crippen LogP) is 3.82. The van der Waals surface area contributed by atoms with Crippen molar-refractivity contribution in [1.82, 2.24) is 0 Å². The molecule has 0 bridgehead atoms. The third-order valence-electron chi connectivity index (χ3n) is 4.85. The van der Waals surface area contributed by atoms with Gasteiger partial charge < -0.3 is 5.73 Å². The van der Waals surface area contributed by atoms with Gasteiger partial charge in [-0.05, 0) is 35.0 Å². The van der Waals surface area contributed by atoms with Gasteiger partial charge in [0.2, 0.25) is 0 Å². The molecule has 1 aliphatic rings. The van der Waals surface area contributed by atoms with Crippen LogP contribution < -0.4 is 5.73 Å². The first-order valence-electron chi connectivity index (χ1n) is 6.29. The average molecular weight is 211 g/mol. The quantitative estimate of drug-likeness (QED) is 0.647. The van der Waals surface area contributed by atoms with Crippen molar-refractivity contribution in [3.8, 4) is 0 Å². The van der Waals surface area contributed by atoms with Crippen LogP contribution in [0.1, 0.15) is 61.3 Å². The fourth-order valence-corrected chi connectivity index (χ4v) is 4.16. The standard InChI is InChI=1S/C14H29N/c1-10-8-9-14(11(10)15,12(2,3)4)13(5,6)7/h10-11H,8-9,15H2,1-7H3/t10?,11-/m1/s1. The van der Waals surface area contributed by atoms with Crippen molar-refractivity contribution in [3.63, 3.8) is 0 Å². The zero-order valence-electron chi connectivity index (χ0n) is 11.6. The fourth-order valence-electron chi connectivity index (χ4n) is 4.16. The number of hydrogen-bond acceptors (Lipinski definition) is 1. The molecule has 0 amide bonds. The summed E-state index contributed by atoms with van der Waals surface area (Å²) in [6.45, 7) is 16.5. The molecular weight excluding hydrogens is 182 g/mol. The summed E-state index contributed by atoms with van der Waals surface area (Å²) in [5, 5.41) is 0. The summed E-state index contributed by atoms with van der Waals surface area (Å²) < 4.78 is 0. The maximum absolute atomic E-state index is 6.53. The van der Waals surface area contributed by atoms with Crippen molar-refractivity contribution in [3.05, 3.63) is 0 Å². The van der Waals surface area contributed by atoms with Gasteiger partial charge in [0.05, 0.1) is 0 Å². The monoisotopic (exact) mass is 211 g/mol. The molecule has 0 saturated heterocycles. The van der Waals surface area contributed by atoms with Crippen LogP contribution in [0.25, 0.3) is 0 Å². The van der Waals surface area contributed by atoms with E-state index in [1.807, 2.05) is 0 Å². The Bertz CT molecular complexity index is 215. The molecule has 1 rings (SSSR count). The minimum atomic E-state index is 0.277. The first-order chi connectivity index (χ1) is 6.54. The third kappa shape index (κ3) is 1.73. The van der Waals surface area contributed by atoms with Gasteiger partial charge in [-0.2, -0.15) is 0 Å². The van der Waals surface area contributed by atoms with Gasteiger partial charge in [-0.1, -0.05) is 48.5 Å². The predicted molar refractivity (Wildman–Crippen MR) is 67.7 cm³/mol. The highest BCUT2D eigenvalue weighted by atomic mass is 14.8. The summed E-state index contributed by atoms with van der Waals surface area (Å²) in [5.41, 5.74) is 7.38. The molecule has 1 saturated carbocycles. The Morgan fingerprint density at radius 2 is 1.40 bits per heavy atom. The van der Waals surface area contributed by atoms with Crippen molar-refractivity contribution < 1.29 is 0 Å². The Morgan fingerprint density at radius 3 is 1.53 bits per heavy atom. The molecule has 1 aliphatic carbocycles. The summed E-state index contributed by atoms with van der Waals surface area (Å²) in [6.07, 6.45) is 2.57. The van der Waals surface area contributed by atoms with E-state index < -0.39 is 0 Å². The van der Waals surface area contributed by atoms with E-state index in [9.17, 15) is 0 Å². The molecule has 1 fully saturated rings. The second kappa shape index (κ2) is 3.48. The fraction of sp³-hybridized carbons (Fsp3) is 1.00. The van der Waals surface area contributed by atoms with Crippen LogP contribution in [0.4, 0.5) is 0 Å². The Kier molecular flexibility index (Phi) is 3.02. The normalized spacial score (nSPS) is 32.0. The summed E-state index contributed by atoms with van der Waals surface area (Å²) in [5.74, 6) is 0.670. The van der Waals surface area contributed by atoms with Crippen molar-refractivity contribution in [2.24, 2.45) is 27.9 Å². The van der Waals surface area contributed by atoms with Crippen molar-refractivity contribution in [2.75, 3.05) is 0 Å². The van der Waals surface area contributed by atoms with Gasteiger partial charge in [0.1, 0.15) is 0 Å². The minimum absolute atomic E-state index is 0.277. The first kappa shape index (κ1) is 13.0. The van der Waals surface area contributed by atoms with E-state index in [0.29, 0.717) is 12.0 Å². The van der Waals surface area contributed by atoms with E-state index in [1.54, 1.807) is 0 Å². The lowest BCUT2D eigenvalue weighted by Crippen LogP contribution is -2.56. The van der Waals surface area contributed by atoms with Gasteiger partial charge in [-0.3, -0.25) is 0 Å². The molecule has 0 spiro atoms. The van der Waals surface area contributed by atoms with Crippen LogP contribution in [-0.2, 0) is 0 Å². The molecule has 90 valence electrons. The molecule has 0 radical (unpaired) electrons. The molecule has 1 unspecified atom stereocenters. The average Bonchev–Trinajstić information content (AvgIpc) is 2.26. The van der Waals surface area contributed by atoms with Crippen molar-refractivity contribution >= 4 is 0 Å². The van der Waals surface area contributed by atoms with Gasteiger partial charge in [0, 0.05) is 6.04 Å². The van der Waals surface area contributed by atoms with Gasteiger partial charge in [0.25, 0.3) is 0 Å². The van der Waals surface area contributed by atoms with Crippen molar-refractivity contribution in [2.45, 2.75) is 67.3 Å². The highest BCUT2D eigenvalue weighted by molar-refractivity contribution is 5.09. The zero-order valence-corrected chi connectivity index (χ0v) is 11.6. The van der Waals surface area contributed by atoms with Crippen LogP contribution in [0.3, 0.4) is 0 Å². The van der Waals surface area contributed by atoms with Gasteiger partial charge in [-0.25, -0.2) is 0 Å². The molecule has 1 nitrogen and oxygen atoms in total. The summed E-state index contributed by atoms with van der Waals surface area (Å²) in [7, 11) is 0. The van der Waals surface area contributed by atoms with Crippen LogP contribution >= 0.6 is 0 Å². The van der Waals surface area contributed by atoms with E-state index in [-0.39, 0.29) is 16.2 Å². The smallest absolute Gasteiger partial charge is 0.0131 e. The zero-order chi connectivity index (χ0) is 12.1. The van der Waals surface area contributed by atoms with Crippen LogP contribution in [0.15, 0.2) is 0 Å². The molecule has 15 heavy (non-hydrogen) atoms. The highest BCUT2D eigenvalue weighted by Crippen LogP contribution is 2.61. The Hall–Kier alpha value is -0.0400. The van der Waals surface area contributed by atoms with E-state index in [0.717, 1.165) is 0 Å². The van der Waals surface area contributed by atoms with Crippen LogP contribution in [0.5, 0.6) is 0 Å². The Balaban J connectivity index is 3.22. The Morgan fingerprint density at radius 1 is 1.00 bits per heavy atom. The number of rotatable bonds is 0. The van der Waals surface area contributed by atoms with E-state index in [4.69, 9.17) is 5.73 Å². The second-order valence-corrected chi connectivity index (χ2v) is 7.51. The molecule has 1 heteroatoms. The Labute approximate surface area is 95.8 Å². The molecular formula is C14H29N. The minimum Gasteiger partial charge on any atom is -0.327 e. The highest BCUT2D eigenvalue weighted by Gasteiger charge is 2.58. The lowest BCUT2D eigenvalue weighted by molar-refractivity contribution is -0.0435. The van der Waals surface area contributed by atoms with Crippen LogP contribution in [0.2, 0.25) is 0 Å².